The molecule has 1 saturated heterocycles. The summed E-state index contributed by atoms with van der Waals surface area (Å²) in [6, 6.07) is 17.8. The molecular formula is C28H26Cl2N4O6S. The number of ether oxygens (including phenoxy) is 1. The van der Waals surface area contributed by atoms with E-state index in [0.717, 1.165) is 4.31 Å². The molecule has 41 heavy (non-hydrogen) atoms. The van der Waals surface area contributed by atoms with E-state index in [1.807, 2.05) is 0 Å². The van der Waals surface area contributed by atoms with Gasteiger partial charge in [0.05, 0.1) is 16.3 Å². The van der Waals surface area contributed by atoms with Crippen LogP contribution in [0.4, 0.5) is 5.69 Å². The van der Waals surface area contributed by atoms with E-state index in [1.165, 1.54) is 29.3 Å². The number of hydrogen-bond acceptors (Lipinski definition) is 7. The number of fused-ring (bicyclic) bond motifs is 1. The van der Waals surface area contributed by atoms with Crippen LogP contribution in [0.15, 0.2) is 82.8 Å². The molecule has 2 amide bonds. The Labute approximate surface area is 247 Å². The van der Waals surface area contributed by atoms with Crippen molar-refractivity contribution in [1.29, 1.82) is 0 Å². The number of rotatable bonds is 8. The minimum absolute atomic E-state index is 0.0815. The van der Waals surface area contributed by atoms with Gasteiger partial charge >= 0.3 is 0 Å². The molecule has 0 aromatic heterocycles. The summed E-state index contributed by atoms with van der Waals surface area (Å²) in [4.78, 5) is 26.9. The summed E-state index contributed by atoms with van der Waals surface area (Å²) in [7, 11) is -4.31. The molecule has 2 N–H and O–H groups in total. The lowest BCUT2D eigenvalue weighted by atomic mass is 9.70. The van der Waals surface area contributed by atoms with E-state index < -0.39 is 33.3 Å². The molecule has 0 spiro atoms. The second-order valence-corrected chi connectivity index (χ2v) is 12.3. The molecule has 214 valence electrons. The van der Waals surface area contributed by atoms with E-state index in [9.17, 15) is 23.2 Å². The average Bonchev–Trinajstić information content (AvgIpc) is 3.28. The lowest BCUT2D eigenvalue weighted by Crippen LogP contribution is -2.66. The zero-order valence-corrected chi connectivity index (χ0v) is 24.2. The van der Waals surface area contributed by atoms with Crippen LogP contribution in [0.5, 0.6) is 5.75 Å². The number of halogens is 2. The largest absolute Gasteiger partial charge is 0.489 e. The summed E-state index contributed by atoms with van der Waals surface area (Å²) in [5, 5.41) is 16.3. The average molecular weight is 618 g/mol. The second kappa shape index (κ2) is 11.4. The van der Waals surface area contributed by atoms with E-state index >= 15 is 0 Å². The van der Waals surface area contributed by atoms with Crippen LogP contribution in [-0.2, 0) is 26.2 Å². The first-order chi connectivity index (χ1) is 19.6. The maximum absolute atomic E-state index is 13.9. The van der Waals surface area contributed by atoms with Gasteiger partial charge in [0.15, 0.2) is 0 Å². The maximum atomic E-state index is 13.9. The number of nitrogens with one attached hydrogen (secondary N) is 1. The Kier molecular flexibility index (Phi) is 8.09. The minimum atomic E-state index is -4.31. The standard InChI is InChI=1S/C28H26Cl2N4O6S/c1-2-28-24(31-34(27(28)36)20-6-4-3-5-7-20)14-15-33(25(28)26(35)32-37)41(38,39)22-12-10-21(11-13-22)40-17-18-8-9-19(29)16-23(18)30/h3-13,16,25,37H,2,14-15,17H2,1H3,(H,32,35)/t25-,28-/m0/s1. The van der Waals surface area contributed by atoms with Gasteiger partial charge in [0.25, 0.3) is 11.8 Å². The number of carbonyl (C=O) groups is 2. The lowest BCUT2D eigenvalue weighted by molar-refractivity contribution is -0.142. The van der Waals surface area contributed by atoms with Crippen LogP contribution in [0.25, 0.3) is 0 Å². The highest BCUT2D eigenvalue weighted by molar-refractivity contribution is 7.89. The monoisotopic (exact) mass is 616 g/mol. The number of piperidine rings is 1. The van der Waals surface area contributed by atoms with E-state index in [0.29, 0.717) is 32.8 Å². The van der Waals surface area contributed by atoms with Crippen molar-refractivity contribution in [3.05, 3.63) is 88.4 Å². The summed E-state index contributed by atoms with van der Waals surface area (Å²) in [6.07, 6.45) is 0.207. The topological polar surface area (TPSA) is 129 Å². The van der Waals surface area contributed by atoms with Crippen LogP contribution in [0.2, 0.25) is 10.0 Å². The highest BCUT2D eigenvalue weighted by atomic mass is 35.5. The van der Waals surface area contributed by atoms with Crippen molar-refractivity contribution in [2.45, 2.75) is 37.3 Å². The van der Waals surface area contributed by atoms with Gasteiger partial charge in [-0.2, -0.15) is 14.4 Å². The zero-order chi connectivity index (χ0) is 29.4. The molecule has 1 fully saturated rings. The highest BCUT2D eigenvalue weighted by Gasteiger charge is 2.63. The Hall–Kier alpha value is -3.48. The summed E-state index contributed by atoms with van der Waals surface area (Å²) in [5.41, 5.74) is 1.55. The third-order valence-corrected chi connectivity index (χ3v) is 9.86. The first kappa shape index (κ1) is 29.0. The van der Waals surface area contributed by atoms with Gasteiger partial charge in [0, 0.05) is 28.6 Å². The van der Waals surface area contributed by atoms with Crippen LogP contribution >= 0.6 is 23.2 Å². The Morgan fingerprint density at radius 1 is 1.12 bits per heavy atom. The fourth-order valence-electron chi connectivity index (χ4n) is 5.32. The molecule has 0 radical (unpaired) electrons. The lowest BCUT2D eigenvalue weighted by Gasteiger charge is -2.44. The molecule has 13 heteroatoms. The number of hydrazone groups is 1. The Morgan fingerprint density at radius 2 is 1.83 bits per heavy atom. The van der Waals surface area contributed by atoms with Crippen molar-refractivity contribution < 1.29 is 28.0 Å². The molecule has 0 unspecified atom stereocenters. The minimum Gasteiger partial charge on any atom is -0.489 e. The van der Waals surface area contributed by atoms with Gasteiger partial charge in [0.1, 0.15) is 23.8 Å². The fourth-order valence-corrected chi connectivity index (χ4v) is 7.42. The maximum Gasteiger partial charge on any atom is 0.263 e. The third-order valence-electron chi connectivity index (χ3n) is 7.39. The fraction of sp³-hybridized carbons (Fsp3) is 0.250. The van der Waals surface area contributed by atoms with Crippen molar-refractivity contribution >= 4 is 56.4 Å². The molecule has 0 aliphatic carbocycles. The predicted molar refractivity (Wildman–Crippen MR) is 154 cm³/mol. The van der Waals surface area contributed by atoms with Crippen LogP contribution in [-0.4, -0.2) is 48.0 Å². The van der Waals surface area contributed by atoms with Crippen molar-refractivity contribution in [1.82, 2.24) is 9.79 Å². The van der Waals surface area contributed by atoms with Crippen molar-refractivity contribution in [2.24, 2.45) is 10.5 Å². The molecule has 3 aromatic carbocycles. The molecular weight excluding hydrogens is 591 g/mol. The van der Waals surface area contributed by atoms with Crippen LogP contribution in [0, 0.1) is 5.41 Å². The van der Waals surface area contributed by atoms with Gasteiger partial charge in [-0.15, -0.1) is 0 Å². The van der Waals surface area contributed by atoms with Gasteiger partial charge in [-0.1, -0.05) is 54.4 Å². The summed E-state index contributed by atoms with van der Waals surface area (Å²) in [5.74, 6) is -1.17. The Balaban J connectivity index is 1.44. The van der Waals surface area contributed by atoms with Gasteiger partial charge in [-0.25, -0.2) is 13.9 Å². The number of anilines is 1. The number of benzene rings is 3. The van der Waals surface area contributed by atoms with Crippen molar-refractivity contribution in [3.8, 4) is 5.75 Å². The SMILES string of the molecule is CC[C@]12C(=O)N(c3ccccc3)N=C1CCN(S(=O)(=O)c1ccc(OCc3ccc(Cl)cc3Cl)cc1)[C@H]2C(=O)NO. The summed E-state index contributed by atoms with van der Waals surface area (Å²) in [6.45, 7) is 1.70. The smallest absolute Gasteiger partial charge is 0.263 e. The number of nitrogens with zero attached hydrogens (tertiary/aromatic N) is 3. The number of hydroxylamine groups is 1. The zero-order valence-electron chi connectivity index (χ0n) is 21.8. The molecule has 2 aliphatic rings. The number of carbonyl (C=O) groups excluding carboxylic acids is 2. The van der Waals surface area contributed by atoms with Crippen LogP contribution in [0.1, 0.15) is 25.3 Å². The first-order valence-electron chi connectivity index (χ1n) is 12.7. The Morgan fingerprint density at radius 3 is 2.46 bits per heavy atom. The number of sulfonamides is 1. The molecule has 5 rings (SSSR count). The molecule has 0 bridgehead atoms. The molecule has 2 heterocycles. The molecule has 2 atom stereocenters. The van der Waals surface area contributed by atoms with E-state index in [4.69, 9.17) is 27.9 Å². The van der Waals surface area contributed by atoms with Gasteiger partial charge in [-0.05, 0) is 55.0 Å². The second-order valence-electron chi connectivity index (χ2n) is 9.56. The number of para-hydroxylation sites is 1. The van der Waals surface area contributed by atoms with Crippen molar-refractivity contribution in [2.75, 3.05) is 11.6 Å². The third kappa shape index (κ3) is 5.08. The van der Waals surface area contributed by atoms with Crippen LogP contribution in [0.3, 0.4) is 0 Å². The molecule has 3 aromatic rings. The quantitative estimate of drug-likeness (QED) is 0.280. The molecule has 10 nitrogen and oxygen atoms in total. The van der Waals surface area contributed by atoms with Crippen molar-refractivity contribution in [3.63, 3.8) is 0 Å². The predicted octanol–water partition coefficient (Wildman–Crippen LogP) is 4.64. The Bertz CT molecular complexity index is 1620. The van der Waals surface area contributed by atoms with Gasteiger partial charge in [0.2, 0.25) is 10.0 Å². The van der Waals surface area contributed by atoms with Crippen LogP contribution < -0.4 is 15.2 Å². The first-order valence-corrected chi connectivity index (χ1v) is 14.9. The summed E-state index contributed by atoms with van der Waals surface area (Å²) < 4.78 is 34.6. The summed E-state index contributed by atoms with van der Waals surface area (Å²) >= 11 is 12.1. The molecule has 0 saturated carbocycles. The number of hydrogen-bond donors (Lipinski definition) is 2. The molecule has 2 aliphatic heterocycles. The number of amides is 2. The highest BCUT2D eigenvalue weighted by Crippen LogP contribution is 2.46. The van der Waals surface area contributed by atoms with E-state index in [2.05, 4.69) is 5.10 Å². The normalized spacial score (nSPS) is 20.9. The van der Waals surface area contributed by atoms with Gasteiger partial charge in [-0.3, -0.25) is 14.8 Å². The van der Waals surface area contributed by atoms with E-state index in [-0.39, 0.29) is 30.9 Å². The van der Waals surface area contributed by atoms with Gasteiger partial charge < -0.3 is 4.74 Å². The van der Waals surface area contributed by atoms with E-state index in [1.54, 1.807) is 60.9 Å².